The molecule has 3 atom stereocenters. The van der Waals surface area contributed by atoms with Gasteiger partial charge in [0.25, 0.3) is 0 Å². The van der Waals surface area contributed by atoms with Crippen molar-refractivity contribution in [1.29, 1.82) is 0 Å². The van der Waals surface area contributed by atoms with Crippen molar-refractivity contribution in [3.05, 3.63) is 35.0 Å². The average molecular weight is 596 g/mol. The number of aromatic nitrogens is 1. The zero-order chi connectivity index (χ0) is 30.7. The molecule has 0 radical (unpaired) electrons. The highest BCUT2D eigenvalue weighted by Crippen LogP contribution is 2.50. The van der Waals surface area contributed by atoms with Gasteiger partial charge < -0.3 is 34.5 Å². The molecule has 234 valence electrons. The maximum absolute atomic E-state index is 14.2. The fourth-order valence-corrected chi connectivity index (χ4v) is 7.01. The van der Waals surface area contributed by atoms with E-state index in [4.69, 9.17) is 9.47 Å². The molecule has 11 nitrogen and oxygen atoms in total. The first kappa shape index (κ1) is 31.0. The Morgan fingerprint density at radius 3 is 2.67 bits per heavy atom. The van der Waals surface area contributed by atoms with Crippen LogP contribution in [0, 0.1) is 11.8 Å². The normalized spacial score (nSPS) is 23.6. The number of amides is 4. The first-order valence-electron chi connectivity index (χ1n) is 15.4. The summed E-state index contributed by atoms with van der Waals surface area (Å²) in [7, 11) is 5.14. The molecule has 0 spiro atoms. The fourth-order valence-electron chi connectivity index (χ4n) is 7.01. The standard InChI is InChI=1S/C32H45N5O6/c1-32-25(31(41)36-13-16-43-17-14-36)19-22(20-27(38)33-11-5-15-42-4)30(40)37(32)12-10-24-23-8-6-21(7-9-28(39)35(2)3)18-26(23)34-29(24)32/h6,8,18,22,25,34H,5,7,9-17,19-20H2,1-4H3,(H,33,38)/t22-,25-,32+/m1/s1. The molecule has 11 heteroatoms. The van der Waals surface area contributed by atoms with Crippen LogP contribution in [0.3, 0.4) is 0 Å². The second kappa shape index (κ2) is 13.1. The van der Waals surface area contributed by atoms with Gasteiger partial charge in [0.1, 0.15) is 0 Å². The molecule has 3 aliphatic rings. The second-order valence-corrected chi connectivity index (χ2v) is 12.4. The molecule has 4 amide bonds. The van der Waals surface area contributed by atoms with Crippen molar-refractivity contribution in [1.82, 2.24) is 25.0 Å². The summed E-state index contributed by atoms with van der Waals surface area (Å²) in [5.74, 6) is -1.26. The Labute approximate surface area is 253 Å². The largest absolute Gasteiger partial charge is 0.385 e. The number of nitrogens with zero attached hydrogens (tertiary/aromatic N) is 3. The summed E-state index contributed by atoms with van der Waals surface area (Å²) >= 11 is 0. The average Bonchev–Trinajstić information content (AvgIpc) is 3.38. The van der Waals surface area contributed by atoms with E-state index in [1.165, 1.54) is 0 Å². The van der Waals surface area contributed by atoms with Gasteiger partial charge in [0, 0.05) is 89.3 Å². The summed E-state index contributed by atoms with van der Waals surface area (Å²) in [6, 6.07) is 6.25. The smallest absolute Gasteiger partial charge is 0.228 e. The molecule has 3 aliphatic heterocycles. The molecular weight excluding hydrogens is 550 g/mol. The van der Waals surface area contributed by atoms with Crippen LogP contribution in [-0.2, 0) is 47.0 Å². The van der Waals surface area contributed by atoms with Crippen LogP contribution in [0.15, 0.2) is 18.2 Å². The number of hydrogen-bond donors (Lipinski definition) is 2. The lowest BCUT2D eigenvalue weighted by Gasteiger charge is -2.54. The molecule has 4 heterocycles. The van der Waals surface area contributed by atoms with Gasteiger partial charge in [0.15, 0.2) is 0 Å². The molecule has 2 aromatic rings. The Balaban J connectivity index is 1.46. The number of carbonyl (C=O) groups is 4. The molecule has 0 aliphatic carbocycles. The number of nitrogens with one attached hydrogen (secondary N) is 2. The third-order valence-electron chi connectivity index (χ3n) is 9.46. The van der Waals surface area contributed by atoms with Crippen LogP contribution in [0.1, 0.15) is 49.4 Å². The van der Waals surface area contributed by atoms with Crippen LogP contribution < -0.4 is 5.32 Å². The number of fused-ring (bicyclic) bond motifs is 5. The second-order valence-electron chi connectivity index (χ2n) is 12.4. The molecule has 43 heavy (non-hydrogen) atoms. The molecule has 2 fully saturated rings. The number of aryl methyl sites for hydroxylation is 1. The lowest BCUT2D eigenvalue weighted by Crippen LogP contribution is -2.65. The van der Waals surface area contributed by atoms with Gasteiger partial charge in [-0.1, -0.05) is 12.1 Å². The number of carbonyl (C=O) groups excluding carboxylic acids is 4. The minimum atomic E-state index is -0.883. The zero-order valence-electron chi connectivity index (χ0n) is 25.9. The quantitative estimate of drug-likeness (QED) is 0.404. The van der Waals surface area contributed by atoms with Crippen LogP contribution in [0.4, 0.5) is 0 Å². The highest BCUT2D eigenvalue weighted by Gasteiger charge is 2.57. The predicted molar refractivity (Wildman–Crippen MR) is 161 cm³/mol. The third-order valence-corrected chi connectivity index (χ3v) is 9.46. The van der Waals surface area contributed by atoms with E-state index in [-0.39, 0.29) is 30.0 Å². The van der Waals surface area contributed by atoms with Crippen molar-refractivity contribution in [2.24, 2.45) is 11.8 Å². The van der Waals surface area contributed by atoms with Gasteiger partial charge in [0.2, 0.25) is 23.6 Å². The minimum absolute atomic E-state index is 0.00296. The zero-order valence-corrected chi connectivity index (χ0v) is 25.9. The monoisotopic (exact) mass is 595 g/mol. The van der Waals surface area contributed by atoms with Crippen molar-refractivity contribution in [3.63, 3.8) is 0 Å². The van der Waals surface area contributed by atoms with Crippen molar-refractivity contribution >= 4 is 34.5 Å². The molecule has 2 N–H and O–H groups in total. The molecule has 1 aromatic carbocycles. The lowest BCUT2D eigenvalue weighted by atomic mass is 9.67. The van der Waals surface area contributed by atoms with Crippen LogP contribution in [0.5, 0.6) is 0 Å². The van der Waals surface area contributed by atoms with Gasteiger partial charge in [-0.05, 0) is 49.8 Å². The van der Waals surface area contributed by atoms with E-state index >= 15 is 0 Å². The van der Waals surface area contributed by atoms with Gasteiger partial charge in [-0.3, -0.25) is 19.2 Å². The third kappa shape index (κ3) is 6.15. The summed E-state index contributed by atoms with van der Waals surface area (Å²) in [4.78, 5) is 62.3. The van der Waals surface area contributed by atoms with E-state index in [1.807, 2.05) is 16.7 Å². The van der Waals surface area contributed by atoms with Crippen molar-refractivity contribution < 1.29 is 28.7 Å². The van der Waals surface area contributed by atoms with Gasteiger partial charge in [-0.25, -0.2) is 0 Å². The number of piperidine rings is 1. The van der Waals surface area contributed by atoms with Crippen molar-refractivity contribution in [3.8, 4) is 0 Å². The number of methoxy groups -OCH3 is 1. The van der Waals surface area contributed by atoms with Crippen LogP contribution in [0.25, 0.3) is 10.9 Å². The Morgan fingerprint density at radius 1 is 1.19 bits per heavy atom. The van der Waals surface area contributed by atoms with Gasteiger partial charge in [-0.2, -0.15) is 0 Å². The molecular formula is C32H45N5O6. The Hall–Kier alpha value is -3.44. The predicted octanol–water partition coefficient (Wildman–Crippen LogP) is 1.83. The van der Waals surface area contributed by atoms with E-state index in [2.05, 4.69) is 28.5 Å². The minimum Gasteiger partial charge on any atom is -0.385 e. The summed E-state index contributed by atoms with van der Waals surface area (Å²) in [6.45, 7) is 5.52. The van der Waals surface area contributed by atoms with Gasteiger partial charge >= 0.3 is 0 Å². The molecule has 5 rings (SSSR count). The topological polar surface area (TPSA) is 124 Å². The van der Waals surface area contributed by atoms with E-state index in [1.54, 1.807) is 26.1 Å². The molecule has 0 bridgehead atoms. The number of rotatable bonds is 10. The molecule has 1 aromatic heterocycles. The Morgan fingerprint density at radius 2 is 1.95 bits per heavy atom. The fraction of sp³-hybridized carbons (Fsp3) is 0.625. The molecule has 0 saturated carbocycles. The van der Waals surface area contributed by atoms with E-state index in [0.717, 1.165) is 27.7 Å². The first-order chi connectivity index (χ1) is 20.6. The van der Waals surface area contributed by atoms with Crippen LogP contribution in [0.2, 0.25) is 0 Å². The van der Waals surface area contributed by atoms with Crippen LogP contribution >= 0.6 is 0 Å². The summed E-state index contributed by atoms with van der Waals surface area (Å²) in [5, 5.41) is 3.99. The maximum Gasteiger partial charge on any atom is 0.228 e. The molecule has 0 unspecified atom stereocenters. The number of ether oxygens (including phenoxy) is 2. The van der Waals surface area contributed by atoms with Crippen LogP contribution in [-0.4, -0.2) is 111 Å². The van der Waals surface area contributed by atoms with E-state index < -0.39 is 17.4 Å². The number of aromatic amines is 1. The highest BCUT2D eigenvalue weighted by molar-refractivity contribution is 5.93. The number of hydrogen-bond acceptors (Lipinski definition) is 6. The highest BCUT2D eigenvalue weighted by atomic mass is 16.5. The summed E-state index contributed by atoms with van der Waals surface area (Å²) in [6.07, 6.45) is 2.77. The number of benzene rings is 1. The van der Waals surface area contributed by atoms with E-state index in [9.17, 15) is 19.2 Å². The Kier molecular flexibility index (Phi) is 9.41. The summed E-state index contributed by atoms with van der Waals surface area (Å²) < 4.78 is 10.6. The maximum atomic E-state index is 14.2. The lowest BCUT2D eigenvalue weighted by molar-refractivity contribution is -0.166. The number of morpholine rings is 1. The van der Waals surface area contributed by atoms with Gasteiger partial charge in [-0.15, -0.1) is 0 Å². The van der Waals surface area contributed by atoms with E-state index in [0.29, 0.717) is 78.1 Å². The van der Waals surface area contributed by atoms with Crippen molar-refractivity contribution in [2.45, 2.75) is 51.0 Å². The Bertz CT molecular complexity index is 1370. The summed E-state index contributed by atoms with van der Waals surface area (Å²) in [5.41, 5.74) is 3.15. The van der Waals surface area contributed by atoms with Gasteiger partial charge in [0.05, 0.1) is 24.7 Å². The number of H-pyrrole nitrogens is 1. The first-order valence-corrected chi connectivity index (χ1v) is 15.4. The molecule has 2 saturated heterocycles. The SMILES string of the molecule is COCCCNC(=O)C[C@H]1C[C@H](C(=O)N2CCOCC2)[C@@]2(C)c3[nH]c4cc(CCC(=O)N(C)C)ccc4c3CCN2C1=O. The van der Waals surface area contributed by atoms with Crippen molar-refractivity contribution in [2.75, 3.05) is 67.2 Å².